The highest BCUT2D eigenvalue weighted by molar-refractivity contribution is 7.89. The Labute approximate surface area is 149 Å². The van der Waals surface area contributed by atoms with Crippen LogP contribution in [0.5, 0.6) is 0 Å². The number of H-pyrrole nitrogens is 1. The van der Waals surface area contributed by atoms with Crippen molar-refractivity contribution in [1.29, 1.82) is 0 Å². The molecule has 2 heterocycles. The van der Waals surface area contributed by atoms with E-state index in [9.17, 15) is 17.6 Å². The summed E-state index contributed by atoms with van der Waals surface area (Å²) in [5.74, 6) is -1.33. The number of sulfonamides is 1. The fourth-order valence-corrected chi connectivity index (χ4v) is 4.23. The minimum atomic E-state index is -3.63. The summed E-state index contributed by atoms with van der Waals surface area (Å²) in [7, 11) is -3.63. The van der Waals surface area contributed by atoms with Gasteiger partial charge in [0.25, 0.3) is 10.0 Å². The maximum absolute atomic E-state index is 13.8. The standard InChI is InChI=1S/C15H16ClFN4O3S/c16-11-1-2-13(12(17)7-11)20-15(22)10-3-5-21(6-4-10)25(23,24)14-8-18-9-19-14/h1-2,7-10H,3-6H2,(H,18,19)(H,20,22). The predicted molar refractivity (Wildman–Crippen MR) is 90.1 cm³/mol. The molecule has 134 valence electrons. The van der Waals surface area contributed by atoms with Gasteiger partial charge in [-0.25, -0.2) is 17.8 Å². The highest BCUT2D eigenvalue weighted by Crippen LogP contribution is 2.25. The van der Waals surface area contributed by atoms with Crippen molar-refractivity contribution < 1.29 is 17.6 Å². The van der Waals surface area contributed by atoms with Crippen LogP contribution in [-0.2, 0) is 14.8 Å². The topological polar surface area (TPSA) is 95.2 Å². The number of nitrogens with zero attached hydrogens (tertiary/aromatic N) is 2. The minimum Gasteiger partial charge on any atom is -0.335 e. The number of aromatic nitrogens is 2. The zero-order valence-electron chi connectivity index (χ0n) is 13.1. The third-order valence-corrected chi connectivity index (χ3v) is 6.16. The molecule has 25 heavy (non-hydrogen) atoms. The van der Waals surface area contributed by atoms with E-state index in [1.165, 1.54) is 29.0 Å². The fourth-order valence-electron chi connectivity index (χ4n) is 2.71. The van der Waals surface area contributed by atoms with Crippen molar-refractivity contribution in [1.82, 2.24) is 14.3 Å². The molecule has 1 aromatic heterocycles. The predicted octanol–water partition coefficient (Wildman–Crippen LogP) is 2.24. The average molecular weight is 387 g/mol. The van der Waals surface area contributed by atoms with Crippen LogP contribution in [0.3, 0.4) is 0 Å². The molecule has 0 aliphatic carbocycles. The summed E-state index contributed by atoms with van der Waals surface area (Å²) in [6.07, 6.45) is 3.26. The fraction of sp³-hybridized carbons (Fsp3) is 0.333. The van der Waals surface area contributed by atoms with Crippen LogP contribution < -0.4 is 5.32 Å². The monoisotopic (exact) mass is 386 g/mol. The van der Waals surface area contributed by atoms with Crippen LogP contribution in [0.4, 0.5) is 10.1 Å². The quantitative estimate of drug-likeness (QED) is 0.842. The second kappa shape index (κ2) is 7.11. The summed E-state index contributed by atoms with van der Waals surface area (Å²) in [5.41, 5.74) is 0.0573. The average Bonchev–Trinajstić information content (AvgIpc) is 3.13. The SMILES string of the molecule is O=C(Nc1ccc(Cl)cc1F)C1CCN(S(=O)(=O)c2cnc[nH]2)CC1. The van der Waals surface area contributed by atoms with E-state index in [1.807, 2.05) is 0 Å². The number of halogens is 2. The molecule has 3 rings (SSSR count). The van der Waals surface area contributed by atoms with Crippen LogP contribution in [-0.4, -0.2) is 41.7 Å². The maximum atomic E-state index is 13.8. The van der Waals surface area contributed by atoms with E-state index in [1.54, 1.807) is 0 Å². The lowest BCUT2D eigenvalue weighted by Crippen LogP contribution is -2.41. The number of amides is 1. The highest BCUT2D eigenvalue weighted by Gasteiger charge is 2.33. The Morgan fingerprint density at radius 3 is 2.68 bits per heavy atom. The summed E-state index contributed by atoms with van der Waals surface area (Å²) >= 11 is 5.68. The van der Waals surface area contributed by atoms with Gasteiger partial charge < -0.3 is 10.3 Å². The van der Waals surface area contributed by atoms with Crippen LogP contribution in [0, 0.1) is 11.7 Å². The van der Waals surface area contributed by atoms with E-state index in [-0.39, 0.29) is 40.7 Å². The van der Waals surface area contributed by atoms with Crippen LogP contribution in [0.1, 0.15) is 12.8 Å². The zero-order valence-corrected chi connectivity index (χ0v) is 14.6. The van der Waals surface area contributed by atoms with E-state index in [2.05, 4.69) is 15.3 Å². The van der Waals surface area contributed by atoms with Gasteiger partial charge >= 0.3 is 0 Å². The maximum Gasteiger partial charge on any atom is 0.260 e. The normalized spacial score (nSPS) is 16.7. The van der Waals surface area contributed by atoms with Gasteiger partial charge in [-0.3, -0.25) is 4.79 Å². The second-order valence-electron chi connectivity index (χ2n) is 5.71. The Morgan fingerprint density at radius 1 is 1.36 bits per heavy atom. The van der Waals surface area contributed by atoms with Crippen LogP contribution >= 0.6 is 11.6 Å². The number of hydrogen-bond acceptors (Lipinski definition) is 4. The number of carbonyl (C=O) groups is 1. The van der Waals surface area contributed by atoms with Crippen molar-refractivity contribution in [3.05, 3.63) is 41.6 Å². The Hall–Kier alpha value is -1.97. The number of piperidine rings is 1. The molecule has 1 aromatic carbocycles. The molecule has 0 unspecified atom stereocenters. The first-order valence-corrected chi connectivity index (χ1v) is 9.44. The highest BCUT2D eigenvalue weighted by atomic mass is 35.5. The molecule has 0 bridgehead atoms. The molecule has 1 fully saturated rings. The first kappa shape index (κ1) is 17.8. The first-order chi connectivity index (χ1) is 11.9. The Morgan fingerprint density at radius 2 is 2.08 bits per heavy atom. The summed E-state index contributed by atoms with van der Waals surface area (Å²) in [6, 6.07) is 4.00. The van der Waals surface area contributed by atoms with Gasteiger partial charge in [-0.2, -0.15) is 4.31 Å². The molecule has 1 aliphatic heterocycles. The van der Waals surface area contributed by atoms with E-state index >= 15 is 0 Å². The van der Waals surface area contributed by atoms with Crippen molar-refractivity contribution in [2.75, 3.05) is 18.4 Å². The van der Waals surface area contributed by atoms with Crippen molar-refractivity contribution in [2.24, 2.45) is 5.92 Å². The lowest BCUT2D eigenvalue weighted by molar-refractivity contribution is -0.120. The summed E-state index contributed by atoms with van der Waals surface area (Å²) < 4.78 is 39.8. The van der Waals surface area contributed by atoms with Gasteiger partial charge in [-0.05, 0) is 31.0 Å². The number of benzene rings is 1. The molecule has 1 amide bonds. The summed E-state index contributed by atoms with van der Waals surface area (Å²) in [5, 5.41) is 2.80. The number of nitrogens with one attached hydrogen (secondary N) is 2. The minimum absolute atomic E-state index is 0.0265. The lowest BCUT2D eigenvalue weighted by atomic mass is 9.97. The van der Waals surface area contributed by atoms with E-state index in [4.69, 9.17) is 11.6 Å². The third kappa shape index (κ3) is 3.83. The number of aromatic amines is 1. The Kier molecular flexibility index (Phi) is 5.07. The molecule has 2 N–H and O–H groups in total. The molecular weight excluding hydrogens is 371 g/mol. The van der Waals surface area contributed by atoms with Crippen molar-refractivity contribution in [3.8, 4) is 0 Å². The smallest absolute Gasteiger partial charge is 0.260 e. The molecule has 1 aliphatic rings. The van der Waals surface area contributed by atoms with Crippen molar-refractivity contribution in [2.45, 2.75) is 17.9 Å². The molecule has 7 nitrogen and oxygen atoms in total. The second-order valence-corrected chi connectivity index (χ2v) is 8.05. The van der Waals surface area contributed by atoms with Gasteiger partial charge in [-0.15, -0.1) is 0 Å². The Bertz CT molecular complexity index is 865. The molecule has 0 spiro atoms. The molecular formula is C15H16ClFN4O3S. The molecule has 0 atom stereocenters. The number of rotatable bonds is 4. The van der Waals surface area contributed by atoms with E-state index in [0.717, 1.165) is 6.07 Å². The largest absolute Gasteiger partial charge is 0.335 e. The Balaban J connectivity index is 1.61. The van der Waals surface area contributed by atoms with Crippen LogP contribution in [0.2, 0.25) is 5.02 Å². The summed E-state index contributed by atoms with van der Waals surface area (Å²) in [4.78, 5) is 18.6. The van der Waals surface area contributed by atoms with Gasteiger partial charge in [0, 0.05) is 24.0 Å². The molecule has 0 radical (unpaired) electrons. The number of hydrogen-bond donors (Lipinski definition) is 2. The van der Waals surface area contributed by atoms with Crippen molar-refractivity contribution in [3.63, 3.8) is 0 Å². The summed E-state index contributed by atoms with van der Waals surface area (Å²) in [6.45, 7) is 0.422. The van der Waals surface area contributed by atoms with Gasteiger partial charge in [0.1, 0.15) is 5.82 Å². The number of carbonyl (C=O) groups excluding carboxylic acids is 1. The lowest BCUT2D eigenvalue weighted by Gasteiger charge is -2.30. The van der Waals surface area contributed by atoms with E-state index in [0.29, 0.717) is 12.8 Å². The first-order valence-electron chi connectivity index (χ1n) is 7.62. The zero-order chi connectivity index (χ0) is 18.0. The van der Waals surface area contributed by atoms with E-state index < -0.39 is 15.8 Å². The van der Waals surface area contributed by atoms with Crippen LogP contribution in [0.25, 0.3) is 0 Å². The van der Waals surface area contributed by atoms with Crippen LogP contribution in [0.15, 0.2) is 35.7 Å². The van der Waals surface area contributed by atoms with Gasteiger partial charge in [0.2, 0.25) is 5.91 Å². The third-order valence-electron chi connectivity index (χ3n) is 4.10. The van der Waals surface area contributed by atoms with Gasteiger partial charge in [0.05, 0.1) is 18.2 Å². The number of anilines is 1. The van der Waals surface area contributed by atoms with Crippen molar-refractivity contribution >= 4 is 33.2 Å². The van der Waals surface area contributed by atoms with Gasteiger partial charge in [-0.1, -0.05) is 11.6 Å². The molecule has 2 aromatic rings. The number of imidazole rings is 1. The van der Waals surface area contributed by atoms with Gasteiger partial charge in [0.15, 0.2) is 5.03 Å². The molecule has 1 saturated heterocycles. The molecule has 10 heteroatoms. The molecule has 0 saturated carbocycles.